The average Bonchev–Trinajstić information content (AvgIpc) is 2.39. The average molecular weight is 285 g/mol. The molecule has 1 aromatic carbocycles. The summed E-state index contributed by atoms with van der Waals surface area (Å²) in [6, 6.07) is 4.21. The lowest BCUT2D eigenvalue weighted by Gasteiger charge is -2.13. The van der Waals surface area contributed by atoms with E-state index in [0.717, 1.165) is 12.8 Å². The Morgan fingerprint density at radius 3 is 2.58 bits per heavy atom. The zero-order chi connectivity index (χ0) is 14.4. The number of hydrogen-bond acceptors (Lipinski definition) is 3. The maximum atomic E-state index is 12.0. The molecule has 19 heavy (non-hydrogen) atoms. The van der Waals surface area contributed by atoms with Gasteiger partial charge < -0.3 is 5.32 Å². The Labute approximate surface area is 117 Å². The van der Waals surface area contributed by atoms with Gasteiger partial charge in [0.25, 0.3) is 11.6 Å². The molecule has 1 aromatic rings. The topological polar surface area (TPSA) is 72.2 Å². The number of amides is 1. The van der Waals surface area contributed by atoms with E-state index in [4.69, 9.17) is 11.6 Å². The second-order valence-electron chi connectivity index (χ2n) is 4.28. The Hall–Kier alpha value is -1.62. The van der Waals surface area contributed by atoms with Gasteiger partial charge in [-0.15, -0.1) is 0 Å². The molecule has 0 fully saturated rings. The molecule has 0 aromatic heterocycles. The number of carbonyl (C=O) groups excluding carboxylic acids is 1. The van der Waals surface area contributed by atoms with Crippen molar-refractivity contribution in [3.05, 3.63) is 38.9 Å². The van der Waals surface area contributed by atoms with E-state index in [1.807, 2.05) is 13.8 Å². The summed E-state index contributed by atoms with van der Waals surface area (Å²) in [6.45, 7) is 4.57. The summed E-state index contributed by atoms with van der Waals surface area (Å²) in [5.41, 5.74) is -0.338. The number of nitrogens with zero attached hydrogens (tertiary/aromatic N) is 1. The maximum absolute atomic E-state index is 12.0. The third-order valence-corrected chi connectivity index (χ3v) is 3.44. The number of nitro groups is 1. The van der Waals surface area contributed by atoms with Gasteiger partial charge in [-0.2, -0.15) is 0 Å². The largest absolute Gasteiger partial charge is 0.351 e. The number of rotatable bonds is 6. The molecule has 0 bridgehead atoms. The van der Waals surface area contributed by atoms with Gasteiger partial charge in [-0.05, 0) is 12.0 Å². The number of nitrogens with one attached hydrogen (secondary N) is 1. The Morgan fingerprint density at radius 2 is 2.05 bits per heavy atom. The standard InChI is InChI=1S/C13H17ClN2O3/c1-3-9(4-2)8-15-13(17)12-10(14)6-5-7-11(12)16(18)19/h5-7,9H,3-4,8H2,1-2H3,(H,15,17). The second-order valence-corrected chi connectivity index (χ2v) is 4.69. The van der Waals surface area contributed by atoms with Gasteiger partial charge >= 0.3 is 0 Å². The Balaban J connectivity index is 2.90. The van der Waals surface area contributed by atoms with E-state index >= 15 is 0 Å². The highest BCUT2D eigenvalue weighted by molar-refractivity contribution is 6.34. The van der Waals surface area contributed by atoms with Crippen LogP contribution < -0.4 is 5.32 Å². The van der Waals surface area contributed by atoms with Crippen molar-refractivity contribution in [1.82, 2.24) is 5.32 Å². The van der Waals surface area contributed by atoms with Crippen molar-refractivity contribution in [3.63, 3.8) is 0 Å². The molecule has 0 atom stereocenters. The van der Waals surface area contributed by atoms with Crippen LogP contribution >= 0.6 is 11.6 Å². The van der Waals surface area contributed by atoms with Crippen molar-refractivity contribution in [2.75, 3.05) is 6.54 Å². The van der Waals surface area contributed by atoms with Crippen LogP contribution in [0.25, 0.3) is 0 Å². The predicted molar refractivity (Wildman–Crippen MR) is 74.5 cm³/mol. The van der Waals surface area contributed by atoms with Crippen LogP contribution in [0.5, 0.6) is 0 Å². The van der Waals surface area contributed by atoms with Crippen LogP contribution in [-0.4, -0.2) is 17.4 Å². The lowest BCUT2D eigenvalue weighted by molar-refractivity contribution is -0.385. The van der Waals surface area contributed by atoms with E-state index in [2.05, 4.69) is 5.32 Å². The minimum atomic E-state index is -0.599. The molecule has 0 saturated carbocycles. The molecule has 0 aliphatic heterocycles. The number of benzene rings is 1. The molecule has 1 amide bonds. The van der Waals surface area contributed by atoms with Crippen molar-refractivity contribution in [1.29, 1.82) is 0 Å². The molecular weight excluding hydrogens is 268 g/mol. The van der Waals surface area contributed by atoms with Crippen LogP contribution in [-0.2, 0) is 0 Å². The molecule has 1 rings (SSSR count). The Morgan fingerprint density at radius 1 is 1.42 bits per heavy atom. The van der Waals surface area contributed by atoms with E-state index < -0.39 is 10.8 Å². The highest BCUT2D eigenvalue weighted by atomic mass is 35.5. The summed E-state index contributed by atoms with van der Waals surface area (Å²) in [6.07, 6.45) is 1.89. The Bertz CT molecular complexity index is 473. The first-order valence-corrected chi connectivity index (χ1v) is 6.60. The lowest BCUT2D eigenvalue weighted by atomic mass is 10.0. The van der Waals surface area contributed by atoms with Crippen molar-refractivity contribution in [3.8, 4) is 0 Å². The minimum absolute atomic E-state index is 0.0693. The number of nitro benzene ring substituents is 1. The third kappa shape index (κ3) is 3.92. The van der Waals surface area contributed by atoms with Crippen molar-refractivity contribution >= 4 is 23.2 Å². The van der Waals surface area contributed by atoms with E-state index in [0.29, 0.717) is 12.5 Å². The molecule has 0 saturated heterocycles. The van der Waals surface area contributed by atoms with Gasteiger partial charge in [0.05, 0.1) is 9.95 Å². The first-order chi connectivity index (χ1) is 9.01. The quantitative estimate of drug-likeness (QED) is 0.642. The summed E-state index contributed by atoms with van der Waals surface area (Å²) in [7, 11) is 0. The third-order valence-electron chi connectivity index (χ3n) is 3.12. The maximum Gasteiger partial charge on any atom is 0.283 e. The lowest BCUT2D eigenvalue weighted by Crippen LogP contribution is -2.29. The summed E-state index contributed by atoms with van der Waals surface area (Å²) in [5.74, 6) is -0.130. The van der Waals surface area contributed by atoms with Gasteiger partial charge in [0.2, 0.25) is 0 Å². The summed E-state index contributed by atoms with van der Waals surface area (Å²) < 4.78 is 0. The fourth-order valence-electron chi connectivity index (χ4n) is 1.79. The molecule has 1 N–H and O–H groups in total. The highest BCUT2D eigenvalue weighted by Crippen LogP contribution is 2.26. The molecule has 0 spiro atoms. The van der Waals surface area contributed by atoms with Crippen LogP contribution in [0.15, 0.2) is 18.2 Å². The number of halogens is 1. The van der Waals surface area contributed by atoms with E-state index in [-0.39, 0.29) is 16.3 Å². The van der Waals surface area contributed by atoms with Crippen LogP contribution in [0.2, 0.25) is 5.02 Å². The monoisotopic (exact) mass is 284 g/mol. The second kappa shape index (κ2) is 7.09. The summed E-state index contributed by atoms with van der Waals surface area (Å²) in [5, 5.41) is 13.7. The normalized spacial score (nSPS) is 10.5. The van der Waals surface area contributed by atoms with E-state index in [9.17, 15) is 14.9 Å². The van der Waals surface area contributed by atoms with Crippen LogP contribution in [0, 0.1) is 16.0 Å². The molecule has 6 heteroatoms. The van der Waals surface area contributed by atoms with E-state index in [1.165, 1.54) is 18.2 Å². The minimum Gasteiger partial charge on any atom is -0.351 e. The number of carbonyl (C=O) groups is 1. The van der Waals surface area contributed by atoms with Crippen molar-refractivity contribution < 1.29 is 9.72 Å². The summed E-state index contributed by atoms with van der Waals surface area (Å²) in [4.78, 5) is 22.3. The van der Waals surface area contributed by atoms with Gasteiger partial charge in [-0.25, -0.2) is 0 Å². The van der Waals surface area contributed by atoms with Crippen LogP contribution in [0.1, 0.15) is 37.0 Å². The molecule has 104 valence electrons. The first kappa shape index (κ1) is 15.4. The fourth-order valence-corrected chi connectivity index (χ4v) is 2.05. The molecule has 0 radical (unpaired) electrons. The molecular formula is C13H17ClN2O3. The van der Waals surface area contributed by atoms with Crippen molar-refractivity contribution in [2.45, 2.75) is 26.7 Å². The van der Waals surface area contributed by atoms with Gasteiger partial charge in [-0.3, -0.25) is 14.9 Å². The predicted octanol–water partition coefficient (Wildman–Crippen LogP) is 3.41. The zero-order valence-electron chi connectivity index (χ0n) is 11.0. The fraction of sp³-hybridized carbons (Fsp3) is 0.462. The van der Waals surface area contributed by atoms with Gasteiger partial charge in [0, 0.05) is 12.6 Å². The molecule has 5 nitrogen and oxygen atoms in total. The zero-order valence-corrected chi connectivity index (χ0v) is 11.7. The van der Waals surface area contributed by atoms with Gasteiger partial charge in [0.15, 0.2) is 0 Å². The smallest absolute Gasteiger partial charge is 0.283 e. The summed E-state index contributed by atoms with van der Waals surface area (Å²) >= 11 is 5.89. The SMILES string of the molecule is CCC(CC)CNC(=O)c1c(Cl)cccc1[N+](=O)[O-]. The van der Waals surface area contributed by atoms with E-state index in [1.54, 1.807) is 0 Å². The van der Waals surface area contributed by atoms with Gasteiger partial charge in [-0.1, -0.05) is 44.4 Å². The number of hydrogen-bond donors (Lipinski definition) is 1. The molecule has 0 unspecified atom stereocenters. The van der Waals surface area contributed by atoms with Crippen LogP contribution in [0.3, 0.4) is 0 Å². The first-order valence-electron chi connectivity index (χ1n) is 6.22. The van der Waals surface area contributed by atoms with Crippen molar-refractivity contribution in [2.24, 2.45) is 5.92 Å². The molecule has 0 aliphatic carbocycles. The Kier molecular flexibility index (Phi) is 5.76. The molecule has 0 heterocycles. The highest BCUT2D eigenvalue weighted by Gasteiger charge is 2.23. The van der Waals surface area contributed by atoms with Crippen LogP contribution in [0.4, 0.5) is 5.69 Å². The molecule has 0 aliphatic rings. The van der Waals surface area contributed by atoms with Gasteiger partial charge in [0.1, 0.15) is 5.56 Å².